The predicted molar refractivity (Wildman–Crippen MR) is 52.2 cm³/mol. The van der Waals surface area contributed by atoms with Crippen molar-refractivity contribution in [3.8, 4) is 0 Å². The van der Waals surface area contributed by atoms with Crippen LogP contribution in [-0.4, -0.2) is 35.7 Å². The zero-order valence-corrected chi connectivity index (χ0v) is 7.60. The topological polar surface area (TPSA) is 65.5 Å². The number of anilines is 2. The van der Waals surface area contributed by atoms with E-state index < -0.39 is 0 Å². The van der Waals surface area contributed by atoms with Gasteiger partial charge in [0.25, 0.3) is 0 Å². The fourth-order valence-corrected chi connectivity index (χ4v) is 1.49. The highest BCUT2D eigenvalue weighted by molar-refractivity contribution is 6.00. The van der Waals surface area contributed by atoms with Crippen LogP contribution in [0.3, 0.4) is 0 Å². The van der Waals surface area contributed by atoms with Gasteiger partial charge >= 0.3 is 0 Å². The lowest BCUT2D eigenvalue weighted by molar-refractivity contribution is -0.115. The molecule has 0 atom stereocenters. The minimum Gasteiger partial charge on any atom is -0.395 e. The summed E-state index contributed by atoms with van der Waals surface area (Å²) in [6.07, 6.45) is 1.67. The van der Waals surface area contributed by atoms with Gasteiger partial charge in [0.05, 0.1) is 18.8 Å². The van der Waals surface area contributed by atoms with Gasteiger partial charge in [0.1, 0.15) is 0 Å². The number of aromatic nitrogens is 1. The van der Waals surface area contributed by atoms with E-state index in [1.165, 1.54) is 0 Å². The second-order valence-corrected chi connectivity index (χ2v) is 3.07. The quantitative estimate of drug-likeness (QED) is 0.684. The van der Waals surface area contributed by atoms with Crippen LogP contribution < -0.4 is 10.2 Å². The molecule has 2 heterocycles. The van der Waals surface area contributed by atoms with E-state index in [4.69, 9.17) is 5.11 Å². The van der Waals surface area contributed by atoms with E-state index in [1.807, 2.05) is 0 Å². The molecule has 0 fully saturated rings. The lowest BCUT2D eigenvalue weighted by Crippen LogP contribution is -2.40. The lowest BCUT2D eigenvalue weighted by Gasteiger charge is -2.28. The van der Waals surface area contributed by atoms with Crippen molar-refractivity contribution < 1.29 is 9.90 Å². The fourth-order valence-electron chi connectivity index (χ4n) is 1.49. The molecule has 0 bridgehead atoms. The summed E-state index contributed by atoms with van der Waals surface area (Å²) in [7, 11) is 0. The van der Waals surface area contributed by atoms with E-state index in [0.29, 0.717) is 12.2 Å². The third-order valence-electron chi connectivity index (χ3n) is 2.06. The molecule has 0 aliphatic carbocycles. The highest BCUT2D eigenvalue weighted by Crippen LogP contribution is 2.25. The normalized spacial score (nSPS) is 14.9. The van der Waals surface area contributed by atoms with Crippen LogP contribution in [0.1, 0.15) is 0 Å². The number of hydrogen-bond donors (Lipinski definition) is 2. The number of aliphatic hydroxyl groups is 1. The second kappa shape index (κ2) is 3.63. The third-order valence-corrected chi connectivity index (χ3v) is 2.06. The average molecular weight is 193 g/mol. The lowest BCUT2D eigenvalue weighted by atomic mass is 10.3. The Kier molecular flexibility index (Phi) is 2.32. The number of β-amino-alcohol motifs (C(OH)–C–C–N with tert-alkyl or cyclic N) is 1. The Labute approximate surface area is 81.4 Å². The molecule has 1 aliphatic rings. The third kappa shape index (κ3) is 1.54. The van der Waals surface area contributed by atoms with Crippen molar-refractivity contribution in [3.63, 3.8) is 0 Å². The standard InChI is InChI=1S/C9H11N3O2/c13-5-4-12-6-8(14)11-7-2-1-3-10-9(7)12/h1-3,13H,4-6H2,(H,11,14). The zero-order chi connectivity index (χ0) is 9.97. The molecule has 0 unspecified atom stereocenters. The van der Waals surface area contributed by atoms with Crippen molar-refractivity contribution in [1.82, 2.24) is 4.98 Å². The van der Waals surface area contributed by atoms with Gasteiger partial charge < -0.3 is 15.3 Å². The minimum absolute atomic E-state index is 0.0172. The van der Waals surface area contributed by atoms with Gasteiger partial charge in [0, 0.05) is 12.7 Å². The van der Waals surface area contributed by atoms with Crippen molar-refractivity contribution in [2.24, 2.45) is 0 Å². The molecule has 1 aromatic heterocycles. The molecule has 0 saturated carbocycles. The molecule has 1 aromatic rings. The molecule has 14 heavy (non-hydrogen) atoms. The SMILES string of the molecule is O=C1CN(CCO)c2ncccc2N1. The maximum absolute atomic E-state index is 11.2. The maximum atomic E-state index is 11.2. The summed E-state index contributed by atoms with van der Waals surface area (Å²) in [5.41, 5.74) is 0.706. The monoisotopic (exact) mass is 193 g/mol. The number of pyridine rings is 1. The zero-order valence-electron chi connectivity index (χ0n) is 7.60. The number of aliphatic hydroxyl groups excluding tert-OH is 1. The van der Waals surface area contributed by atoms with Crippen LogP contribution in [0.4, 0.5) is 11.5 Å². The molecule has 2 rings (SSSR count). The summed E-state index contributed by atoms with van der Waals surface area (Å²) >= 11 is 0. The molecule has 0 spiro atoms. The average Bonchev–Trinajstić information content (AvgIpc) is 2.18. The largest absolute Gasteiger partial charge is 0.395 e. The molecule has 5 nitrogen and oxygen atoms in total. The molecule has 2 N–H and O–H groups in total. The molecule has 74 valence electrons. The summed E-state index contributed by atoms with van der Waals surface area (Å²) < 4.78 is 0. The van der Waals surface area contributed by atoms with E-state index in [2.05, 4.69) is 10.3 Å². The van der Waals surface area contributed by atoms with Gasteiger partial charge in [-0.15, -0.1) is 0 Å². The minimum atomic E-state index is -0.0704. The Hall–Kier alpha value is -1.62. The van der Waals surface area contributed by atoms with Crippen LogP contribution in [0.2, 0.25) is 0 Å². The van der Waals surface area contributed by atoms with E-state index >= 15 is 0 Å². The van der Waals surface area contributed by atoms with Crippen LogP contribution in [0.25, 0.3) is 0 Å². The van der Waals surface area contributed by atoms with Crippen LogP contribution >= 0.6 is 0 Å². The number of nitrogens with one attached hydrogen (secondary N) is 1. The highest BCUT2D eigenvalue weighted by Gasteiger charge is 2.21. The number of rotatable bonds is 2. The molecule has 0 radical (unpaired) electrons. The van der Waals surface area contributed by atoms with Crippen LogP contribution in [0.5, 0.6) is 0 Å². The summed E-state index contributed by atoms with van der Waals surface area (Å²) in [5, 5.41) is 11.6. The summed E-state index contributed by atoms with van der Waals surface area (Å²) in [4.78, 5) is 17.2. The summed E-state index contributed by atoms with van der Waals surface area (Å²) in [6.45, 7) is 0.700. The van der Waals surface area contributed by atoms with Gasteiger partial charge in [-0.05, 0) is 12.1 Å². The highest BCUT2D eigenvalue weighted by atomic mass is 16.3. The van der Waals surface area contributed by atoms with Crippen LogP contribution in [-0.2, 0) is 4.79 Å². The van der Waals surface area contributed by atoms with Crippen molar-refractivity contribution in [2.75, 3.05) is 29.9 Å². The second-order valence-electron chi connectivity index (χ2n) is 3.07. The van der Waals surface area contributed by atoms with Gasteiger partial charge in [-0.25, -0.2) is 4.98 Å². The number of fused-ring (bicyclic) bond motifs is 1. The Bertz CT molecular complexity index is 354. The van der Waals surface area contributed by atoms with E-state index in [0.717, 1.165) is 5.82 Å². The number of carbonyl (C=O) groups is 1. The Balaban J connectivity index is 2.33. The maximum Gasteiger partial charge on any atom is 0.244 e. The Morgan fingerprint density at radius 1 is 1.64 bits per heavy atom. The Morgan fingerprint density at radius 2 is 2.50 bits per heavy atom. The van der Waals surface area contributed by atoms with E-state index in [9.17, 15) is 4.79 Å². The van der Waals surface area contributed by atoms with Crippen molar-refractivity contribution in [3.05, 3.63) is 18.3 Å². The van der Waals surface area contributed by atoms with Gasteiger partial charge in [-0.1, -0.05) is 0 Å². The number of carbonyl (C=O) groups excluding carboxylic acids is 1. The molecule has 5 heteroatoms. The first-order valence-corrected chi connectivity index (χ1v) is 4.42. The molecule has 1 amide bonds. The van der Waals surface area contributed by atoms with Gasteiger partial charge in [-0.3, -0.25) is 4.79 Å². The fraction of sp³-hybridized carbons (Fsp3) is 0.333. The summed E-state index contributed by atoms with van der Waals surface area (Å²) in [5.74, 6) is 0.653. The van der Waals surface area contributed by atoms with Crippen LogP contribution in [0.15, 0.2) is 18.3 Å². The number of hydrogen-bond acceptors (Lipinski definition) is 4. The van der Waals surface area contributed by atoms with E-state index in [-0.39, 0.29) is 19.1 Å². The van der Waals surface area contributed by atoms with E-state index in [1.54, 1.807) is 23.2 Å². The Morgan fingerprint density at radius 3 is 3.29 bits per heavy atom. The van der Waals surface area contributed by atoms with Gasteiger partial charge in [-0.2, -0.15) is 0 Å². The predicted octanol–water partition coefficient (Wildman–Crippen LogP) is -0.168. The molecule has 1 aliphatic heterocycles. The smallest absolute Gasteiger partial charge is 0.244 e. The molecule has 0 saturated heterocycles. The van der Waals surface area contributed by atoms with Gasteiger partial charge in [0.15, 0.2) is 5.82 Å². The molecule has 0 aromatic carbocycles. The first-order chi connectivity index (χ1) is 6.81. The van der Waals surface area contributed by atoms with Gasteiger partial charge in [0.2, 0.25) is 5.91 Å². The molecular weight excluding hydrogens is 182 g/mol. The first kappa shape index (κ1) is 8.96. The first-order valence-electron chi connectivity index (χ1n) is 4.42. The van der Waals surface area contributed by atoms with Crippen molar-refractivity contribution >= 4 is 17.4 Å². The van der Waals surface area contributed by atoms with Crippen LogP contribution in [0, 0.1) is 0 Å². The van der Waals surface area contributed by atoms with Crippen molar-refractivity contribution in [1.29, 1.82) is 0 Å². The van der Waals surface area contributed by atoms with Crippen molar-refractivity contribution in [2.45, 2.75) is 0 Å². The summed E-state index contributed by atoms with van der Waals surface area (Å²) in [6, 6.07) is 3.56. The number of amides is 1. The molecular formula is C9H11N3O2. The number of nitrogens with zero attached hydrogens (tertiary/aromatic N) is 2.